The molecule has 5 heteroatoms. The summed E-state index contributed by atoms with van der Waals surface area (Å²) in [7, 11) is 0. The van der Waals surface area contributed by atoms with Gasteiger partial charge in [0.25, 0.3) is 6.43 Å². The molecule has 104 valence electrons. The summed E-state index contributed by atoms with van der Waals surface area (Å²) < 4.78 is 38.0. The topological polar surface area (TPSA) is 20.3 Å². The standard InChI is InChI=1S/C14H16F3NO/c1-8-3-4-10(7-9(8)2)18-6-5-11(14(18)19)12(15)13(16)17/h3-4,7,11-13H,5-6H2,1-2H3. The van der Waals surface area contributed by atoms with E-state index in [4.69, 9.17) is 0 Å². The first-order chi connectivity index (χ1) is 8.91. The molecule has 1 aromatic carbocycles. The second kappa shape index (κ2) is 5.23. The summed E-state index contributed by atoms with van der Waals surface area (Å²) in [6.07, 6.45) is -5.34. The van der Waals surface area contributed by atoms with Crippen molar-refractivity contribution in [2.45, 2.75) is 32.9 Å². The molecule has 2 rings (SSSR count). The van der Waals surface area contributed by atoms with E-state index in [0.29, 0.717) is 12.2 Å². The van der Waals surface area contributed by atoms with Gasteiger partial charge in [0, 0.05) is 12.2 Å². The number of nitrogens with zero attached hydrogens (tertiary/aromatic N) is 1. The van der Waals surface area contributed by atoms with Gasteiger partial charge >= 0.3 is 0 Å². The van der Waals surface area contributed by atoms with Crippen LogP contribution in [0.5, 0.6) is 0 Å². The van der Waals surface area contributed by atoms with Crippen LogP contribution in [0.2, 0.25) is 0 Å². The van der Waals surface area contributed by atoms with Gasteiger partial charge in [-0.25, -0.2) is 13.2 Å². The maximum Gasteiger partial charge on any atom is 0.270 e. The predicted molar refractivity (Wildman–Crippen MR) is 67.3 cm³/mol. The van der Waals surface area contributed by atoms with E-state index in [-0.39, 0.29) is 6.42 Å². The summed E-state index contributed by atoms with van der Waals surface area (Å²) in [5.74, 6) is -1.77. The van der Waals surface area contributed by atoms with Crippen molar-refractivity contribution in [2.75, 3.05) is 11.4 Å². The molecule has 0 N–H and O–H groups in total. The Kier molecular flexibility index (Phi) is 3.83. The Morgan fingerprint density at radius 1 is 1.21 bits per heavy atom. The van der Waals surface area contributed by atoms with Crippen LogP contribution in [0.15, 0.2) is 18.2 Å². The highest BCUT2D eigenvalue weighted by Crippen LogP contribution is 2.31. The fourth-order valence-electron chi connectivity index (χ4n) is 2.32. The molecule has 19 heavy (non-hydrogen) atoms. The quantitative estimate of drug-likeness (QED) is 0.826. The van der Waals surface area contributed by atoms with Gasteiger partial charge in [-0.1, -0.05) is 6.07 Å². The highest BCUT2D eigenvalue weighted by molar-refractivity contribution is 5.97. The molecule has 0 spiro atoms. The Hall–Kier alpha value is -1.52. The zero-order valence-corrected chi connectivity index (χ0v) is 10.9. The second-order valence-corrected chi connectivity index (χ2v) is 4.93. The molecule has 1 heterocycles. The molecule has 1 saturated heterocycles. The van der Waals surface area contributed by atoms with Gasteiger partial charge in [0.1, 0.15) is 0 Å². The SMILES string of the molecule is Cc1ccc(N2CCC(C(F)C(F)F)C2=O)cc1C. The number of carbonyl (C=O) groups excluding carboxylic acids is 1. The normalized spacial score (nSPS) is 21.3. The van der Waals surface area contributed by atoms with Gasteiger partial charge in [0.2, 0.25) is 5.91 Å². The number of anilines is 1. The monoisotopic (exact) mass is 271 g/mol. The smallest absolute Gasteiger partial charge is 0.270 e. The lowest BCUT2D eigenvalue weighted by Crippen LogP contribution is -2.33. The molecule has 2 unspecified atom stereocenters. The summed E-state index contributed by atoms with van der Waals surface area (Å²) in [4.78, 5) is 13.4. The Balaban J connectivity index is 2.19. The van der Waals surface area contributed by atoms with Crippen LogP contribution in [0, 0.1) is 19.8 Å². The number of alkyl halides is 3. The Morgan fingerprint density at radius 3 is 2.47 bits per heavy atom. The van der Waals surface area contributed by atoms with Gasteiger partial charge in [0.05, 0.1) is 5.92 Å². The minimum Gasteiger partial charge on any atom is -0.312 e. The van der Waals surface area contributed by atoms with Crippen molar-refractivity contribution in [1.82, 2.24) is 0 Å². The van der Waals surface area contributed by atoms with E-state index in [1.807, 2.05) is 26.0 Å². The van der Waals surface area contributed by atoms with Crippen molar-refractivity contribution < 1.29 is 18.0 Å². The van der Waals surface area contributed by atoms with Gasteiger partial charge in [-0.05, 0) is 43.5 Å². The molecule has 0 aromatic heterocycles. The van der Waals surface area contributed by atoms with Crippen LogP contribution < -0.4 is 4.90 Å². The molecule has 2 nitrogen and oxygen atoms in total. The molecule has 1 aromatic rings. The van der Waals surface area contributed by atoms with Crippen molar-refractivity contribution >= 4 is 11.6 Å². The van der Waals surface area contributed by atoms with Crippen molar-refractivity contribution in [2.24, 2.45) is 5.92 Å². The Bertz CT molecular complexity index is 490. The summed E-state index contributed by atoms with van der Waals surface area (Å²) in [6.45, 7) is 4.15. The van der Waals surface area contributed by atoms with E-state index in [1.165, 1.54) is 4.90 Å². The van der Waals surface area contributed by atoms with E-state index < -0.39 is 24.4 Å². The van der Waals surface area contributed by atoms with Crippen LogP contribution in [0.1, 0.15) is 17.5 Å². The first kappa shape index (κ1) is 13.9. The maximum absolute atomic E-state index is 13.3. The first-order valence-electron chi connectivity index (χ1n) is 6.22. The van der Waals surface area contributed by atoms with Crippen LogP contribution >= 0.6 is 0 Å². The third-order valence-corrected chi connectivity index (χ3v) is 3.67. The molecular weight excluding hydrogens is 255 g/mol. The molecule has 1 aliphatic rings. The fourth-order valence-corrected chi connectivity index (χ4v) is 2.32. The van der Waals surface area contributed by atoms with E-state index in [1.54, 1.807) is 6.07 Å². The highest BCUT2D eigenvalue weighted by atomic mass is 19.3. The number of hydrogen-bond donors (Lipinski definition) is 0. The number of hydrogen-bond acceptors (Lipinski definition) is 1. The lowest BCUT2D eigenvalue weighted by molar-refractivity contribution is -0.124. The molecule has 0 bridgehead atoms. The second-order valence-electron chi connectivity index (χ2n) is 4.93. The third kappa shape index (κ3) is 2.60. The van der Waals surface area contributed by atoms with E-state index in [9.17, 15) is 18.0 Å². The van der Waals surface area contributed by atoms with Crippen molar-refractivity contribution in [3.05, 3.63) is 29.3 Å². The zero-order chi connectivity index (χ0) is 14.2. The Morgan fingerprint density at radius 2 is 1.89 bits per heavy atom. The number of halogens is 3. The van der Waals surface area contributed by atoms with Crippen LogP contribution in [0.4, 0.5) is 18.9 Å². The number of rotatable bonds is 3. The highest BCUT2D eigenvalue weighted by Gasteiger charge is 2.42. The lowest BCUT2D eigenvalue weighted by atomic mass is 10.0. The van der Waals surface area contributed by atoms with Gasteiger partial charge in [-0.2, -0.15) is 0 Å². The van der Waals surface area contributed by atoms with Gasteiger partial charge < -0.3 is 4.90 Å². The third-order valence-electron chi connectivity index (χ3n) is 3.67. The molecule has 1 fully saturated rings. The molecular formula is C14H16F3NO. The zero-order valence-electron chi connectivity index (χ0n) is 10.9. The van der Waals surface area contributed by atoms with Crippen LogP contribution in [-0.4, -0.2) is 25.0 Å². The van der Waals surface area contributed by atoms with Gasteiger partial charge in [-0.15, -0.1) is 0 Å². The van der Waals surface area contributed by atoms with E-state index in [2.05, 4.69) is 0 Å². The van der Waals surface area contributed by atoms with Crippen molar-refractivity contribution in [3.63, 3.8) is 0 Å². The maximum atomic E-state index is 13.3. The molecule has 0 radical (unpaired) electrons. The summed E-state index contributed by atoms with van der Waals surface area (Å²) >= 11 is 0. The lowest BCUT2D eigenvalue weighted by Gasteiger charge is -2.19. The minimum atomic E-state index is -3.10. The van der Waals surface area contributed by atoms with Gasteiger partial charge in [0.15, 0.2) is 6.17 Å². The molecule has 2 atom stereocenters. The number of amides is 1. The van der Waals surface area contributed by atoms with Crippen molar-refractivity contribution in [3.8, 4) is 0 Å². The fraction of sp³-hybridized carbons (Fsp3) is 0.500. The molecule has 0 saturated carbocycles. The first-order valence-corrected chi connectivity index (χ1v) is 6.22. The van der Waals surface area contributed by atoms with Crippen LogP contribution in [0.25, 0.3) is 0 Å². The summed E-state index contributed by atoms with van der Waals surface area (Å²) in [5.41, 5.74) is 2.75. The van der Waals surface area contributed by atoms with Gasteiger partial charge in [-0.3, -0.25) is 4.79 Å². The van der Waals surface area contributed by atoms with Crippen molar-refractivity contribution in [1.29, 1.82) is 0 Å². The molecule has 0 aliphatic carbocycles. The molecule has 1 aliphatic heterocycles. The van der Waals surface area contributed by atoms with E-state index in [0.717, 1.165) is 11.1 Å². The Labute approximate surface area is 110 Å². The summed E-state index contributed by atoms with van der Waals surface area (Å²) in [6, 6.07) is 5.45. The minimum absolute atomic E-state index is 0.136. The number of benzene rings is 1. The average molecular weight is 271 g/mol. The number of aryl methyl sites for hydroxylation is 2. The van der Waals surface area contributed by atoms with E-state index >= 15 is 0 Å². The molecule has 1 amide bonds. The summed E-state index contributed by atoms with van der Waals surface area (Å²) in [5, 5.41) is 0. The average Bonchev–Trinajstić information content (AvgIpc) is 2.73. The van der Waals surface area contributed by atoms with Crippen LogP contribution in [-0.2, 0) is 4.79 Å². The van der Waals surface area contributed by atoms with Crippen LogP contribution in [0.3, 0.4) is 0 Å². The predicted octanol–water partition coefficient (Wildman–Crippen LogP) is 3.26. The number of carbonyl (C=O) groups is 1. The largest absolute Gasteiger partial charge is 0.312 e.